The molecule has 2 aromatic rings. The first kappa shape index (κ1) is 23.2. The Balaban J connectivity index is 1.75. The number of pyridine rings is 1. The van der Waals surface area contributed by atoms with Crippen LogP contribution in [0.25, 0.3) is 0 Å². The normalized spacial score (nSPS) is 17.0. The number of nitrogens with zero attached hydrogens (tertiary/aromatic N) is 1. The number of aryl methyl sites for hydroxylation is 2. The molecule has 1 atom stereocenters. The van der Waals surface area contributed by atoms with Crippen molar-refractivity contribution in [3.63, 3.8) is 0 Å². The largest absolute Gasteiger partial charge is 0.486 e. The van der Waals surface area contributed by atoms with Gasteiger partial charge < -0.3 is 9.47 Å². The molecule has 0 spiro atoms. The summed E-state index contributed by atoms with van der Waals surface area (Å²) in [6.07, 6.45) is 0.214. The fourth-order valence-electron chi connectivity index (χ4n) is 3.86. The van der Waals surface area contributed by atoms with E-state index in [-0.39, 0.29) is 37.1 Å². The Hall–Kier alpha value is -2.49. The zero-order valence-electron chi connectivity index (χ0n) is 17.9. The molecule has 1 aliphatic heterocycles. The summed E-state index contributed by atoms with van der Waals surface area (Å²) in [6.45, 7) is 6.29. The average Bonchev–Trinajstić information content (AvgIpc) is 2.73. The Morgan fingerprint density at radius 3 is 2.32 bits per heavy atom. The van der Waals surface area contributed by atoms with E-state index < -0.39 is 26.9 Å². The molecular formula is C22H28N2O6S. The summed E-state index contributed by atoms with van der Waals surface area (Å²) in [4.78, 5) is 16.7. The smallest absolute Gasteiger partial charge is 0.250 e. The molecule has 0 saturated carbocycles. The molecular weight excluding hydrogens is 420 g/mol. The maximum Gasteiger partial charge on any atom is 0.250 e. The molecule has 1 fully saturated rings. The van der Waals surface area contributed by atoms with Crippen LogP contribution in [0.15, 0.2) is 41.3 Å². The van der Waals surface area contributed by atoms with E-state index in [1.165, 1.54) is 12.1 Å². The van der Waals surface area contributed by atoms with Crippen molar-refractivity contribution in [1.29, 1.82) is 0 Å². The third kappa shape index (κ3) is 5.41. The SMILES string of the molecule is Cc1cc(C(C)Oc2ccc(S(=O)(=O)CC3(C(=O)NO)CCOCC3)cc2)cc(C)n1. The topological polar surface area (TPSA) is 115 Å². The summed E-state index contributed by atoms with van der Waals surface area (Å²) in [5, 5.41) is 9.11. The lowest BCUT2D eigenvalue weighted by atomic mass is 9.81. The van der Waals surface area contributed by atoms with Gasteiger partial charge in [0.05, 0.1) is 16.1 Å². The second-order valence-electron chi connectivity index (χ2n) is 8.01. The van der Waals surface area contributed by atoms with Crippen LogP contribution in [0.4, 0.5) is 0 Å². The second-order valence-corrected chi connectivity index (χ2v) is 10.00. The van der Waals surface area contributed by atoms with E-state index in [1.54, 1.807) is 17.6 Å². The molecule has 1 aliphatic rings. The molecule has 3 rings (SSSR count). The van der Waals surface area contributed by atoms with Gasteiger partial charge in [-0.2, -0.15) is 0 Å². The van der Waals surface area contributed by atoms with Crippen molar-refractivity contribution in [2.45, 2.75) is 44.6 Å². The molecule has 8 nitrogen and oxygen atoms in total. The number of rotatable bonds is 7. The number of carbonyl (C=O) groups excluding carboxylic acids is 1. The molecule has 9 heteroatoms. The van der Waals surface area contributed by atoms with Gasteiger partial charge in [-0.1, -0.05) is 0 Å². The minimum Gasteiger partial charge on any atom is -0.486 e. The summed E-state index contributed by atoms with van der Waals surface area (Å²) < 4.78 is 37.2. The van der Waals surface area contributed by atoms with Crippen LogP contribution in [-0.2, 0) is 19.4 Å². The minimum atomic E-state index is -3.77. The van der Waals surface area contributed by atoms with Gasteiger partial charge in [-0.05, 0) is 75.6 Å². The molecule has 1 saturated heterocycles. The fourth-order valence-corrected chi connectivity index (χ4v) is 5.73. The van der Waals surface area contributed by atoms with Gasteiger partial charge in [-0.25, -0.2) is 13.9 Å². The number of nitrogens with one attached hydrogen (secondary N) is 1. The van der Waals surface area contributed by atoms with Gasteiger partial charge in [-0.3, -0.25) is 15.0 Å². The quantitative estimate of drug-likeness (QED) is 0.494. The van der Waals surface area contributed by atoms with Gasteiger partial charge in [0.1, 0.15) is 11.9 Å². The van der Waals surface area contributed by atoms with Crippen LogP contribution in [0.3, 0.4) is 0 Å². The predicted octanol–water partition coefficient (Wildman–Crippen LogP) is 2.91. The first-order valence-corrected chi connectivity index (χ1v) is 11.8. The molecule has 31 heavy (non-hydrogen) atoms. The van der Waals surface area contributed by atoms with Crippen LogP contribution < -0.4 is 10.2 Å². The number of hydroxylamine groups is 1. The highest BCUT2D eigenvalue weighted by Crippen LogP contribution is 2.35. The molecule has 2 heterocycles. The zero-order chi connectivity index (χ0) is 22.6. The van der Waals surface area contributed by atoms with Gasteiger partial charge in [-0.15, -0.1) is 0 Å². The molecule has 1 amide bonds. The number of amides is 1. The van der Waals surface area contributed by atoms with Gasteiger partial charge in [0.15, 0.2) is 9.84 Å². The molecule has 1 aromatic heterocycles. The highest BCUT2D eigenvalue weighted by molar-refractivity contribution is 7.91. The maximum absolute atomic E-state index is 13.0. The van der Waals surface area contributed by atoms with Crippen molar-refractivity contribution in [2.24, 2.45) is 5.41 Å². The van der Waals surface area contributed by atoms with Crippen molar-refractivity contribution >= 4 is 15.7 Å². The van der Waals surface area contributed by atoms with E-state index >= 15 is 0 Å². The van der Waals surface area contributed by atoms with E-state index in [9.17, 15) is 13.2 Å². The van der Waals surface area contributed by atoms with Crippen LogP contribution in [0.5, 0.6) is 5.75 Å². The maximum atomic E-state index is 13.0. The monoisotopic (exact) mass is 448 g/mol. The van der Waals surface area contributed by atoms with E-state index in [2.05, 4.69) is 4.98 Å². The van der Waals surface area contributed by atoms with E-state index in [4.69, 9.17) is 14.7 Å². The molecule has 168 valence electrons. The van der Waals surface area contributed by atoms with Crippen LogP contribution >= 0.6 is 0 Å². The Labute approximate surface area is 182 Å². The number of hydrogen-bond acceptors (Lipinski definition) is 7. The van der Waals surface area contributed by atoms with E-state index in [0.717, 1.165) is 17.0 Å². The van der Waals surface area contributed by atoms with Crippen molar-refractivity contribution < 1.29 is 27.9 Å². The summed E-state index contributed by atoms with van der Waals surface area (Å²) in [6, 6.07) is 10.1. The van der Waals surface area contributed by atoms with Crippen LogP contribution in [0, 0.1) is 19.3 Å². The van der Waals surface area contributed by atoms with E-state index in [0.29, 0.717) is 5.75 Å². The van der Waals surface area contributed by atoms with Crippen molar-refractivity contribution in [2.75, 3.05) is 19.0 Å². The number of carbonyl (C=O) groups is 1. The predicted molar refractivity (Wildman–Crippen MR) is 114 cm³/mol. The molecule has 1 aromatic carbocycles. The Kier molecular flexibility index (Phi) is 6.98. The summed E-state index contributed by atoms with van der Waals surface area (Å²) >= 11 is 0. The molecule has 1 unspecified atom stereocenters. The van der Waals surface area contributed by atoms with Crippen molar-refractivity contribution in [3.8, 4) is 5.75 Å². The molecule has 2 N–H and O–H groups in total. The highest BCUT2D eigenvalue weighted by Gasteiger charge is 2.44. The lowest BCUT2D eigenvalue weighted by molar-refractivity contribution is -0.143. The fraction of sp³-hybridized carbons (Fsp3) is 0.455. The molecule has 0 radical (unpaired) electrons. The first-order valence-electron chi connectivity index (χ1n) is 10.1. The number of aromatic nitrogens is 1. The lowest BCUT2D eigenvalue weighted by Crippen LogP contribution is -2.47. The van der Waals surface area contributed by atoms with Crippen molar-refractivity contribution in [3.05, 3.63) is 53.3 Å². The third-order valence-corrected chi connectivity index (χ3v) is 7.49. The Morgan fingerprint density at radius 2 is 1.77 bits per heavy atom. The van der Waals surface area contributed by atoms with Gasteiger partial charge in [0, 0.05) is 24.6 Å². The Morgan fingerprint density at radius 1 is 1.19 bits per heavy atom. The van der Waals surface area contributed by atoms with E-state index in [1.807, 2.05) is 32.9 Å². The van der Waals surface area contributed by atoms with Crippen LogP contribution in [0.2, 0.25) is 0 Å². The van der Waals surface area contributed by atoms with Gasteiger partial charge in [0.2, 0.25) is 0 Å². The minimum absolute atomic E-state index is 0.0970. The number of hydrogen-bond donors (Lipinski definition) is 2. The number of benzene rings is 1. The molecule has 0 aliphatic carbocycles. The Bertz CT molecular complexity index is 1010. The van der Waals surface area contributed by atoms with Crippen molar-refractivity contribution in [1.82, 2.24) is 10.5 Å². The molecule has 0 bridgehead atoms. The number of ether oxygens (including phenoxy) is 2. The second kappa shape index (κ2) is 9.33. The van der Waals surface area contributed by atoms with Gasteiger partial charge >= 0.3 is 0 Å². The number of sulfone groups is 1. The van der Waals surface area contributed by atoms with Crippen LogP contribution in [0.1, 0.15) is 42.8 Å². The van der Waals surface area contributed by atoms with Crippen LogP contribution in [-0.4, -0.2) is 43.5 Å². The summed E-state index contributed by atoms with van der Waals surface area (Å²) in [7, 11) is -3.77. The zero-order valence-corrected chi connectivity index (χ0v) is 18.7. The summed E-state index contributed by atoms with van der Waals surface area (Å²) in [5.41, 5.74) is 3.20. The van der Waals surface area contributed by atoms with Gasteiger partial charge in [0.25, 0.3) is 5.91 Å². The standard InChI is InChI=1S/C22H28N2O6S/c1-15-12-18(13-16(2)23-15)17(3)30-19-4-6-20(7-5-19)31(27,28)14-22(21(25)24-26)8-10-29-11-9-22/h4-7,12-13,17,26H,8-11,14H2,1-3H3,(H,24,25). The first-order chi connectivity index (χ1) is 14.6. The summed E-state index contributed by atoms with van der Waals surface area (Å²) in [5.74, 6) is -0.564. The lowest BCUT2D eigenvalue weighted by Gasteiger charge is -2.34. The third-order valence-electron chi connectivity index (χ3n) is 5.57. The average molecular weight is 449 g/mol. The highest BCUT2D eigenvalue weighted by atomic mass is 32.2.